The molecular formula is C54H32N2. The van der Waals surface area contributed by atoms with Gasteiger partial charge in [0.2, 0.25) is 0 Å². The Hall–Kier alpha value is -7.42. The zero-order valence-electron chi connectivity index (χ0n) is 30.4. The van der Waals surface area contributed by atoms with Crippen molar-refractivity contribution in [1.82, 2.24) is 9.13 Å². The van der Waals surface area contributed by atoms with E-state index in [1.165, 1.54) is 121 Å². The fourth-order valence-electron chi connectivity index (χ4n) is 10.0. The monoisotopic (exact) mass is 708 g/mol. The average molecular weight is 709 g/mol. The van der Waals surface area contributed by atoms with Gasteiger partial charge in [-0.2, -0.15) is 0 Å². The number of fused-ring (bicyclic) bond motifs is 12. The van der Waals surface area contributed by atoms with E-state index in [1.807, 2.05) is 0 Å². The Bertz CT molecular complexity index is 3620. The van der Waals surface area contributed by atoms with Crippen LogP contribution in [0.4, 0.5) is 0 Å². The lowest BCUT2D eigenvalue weighted by Gasteiger charge is -2.14. The Morgan fingerprint density at radius 2 is 0.804 bits per heavy atom. The summed E-state index contributed by atoms with van der Waals surface area (Å²) in [6, 6.07) is 72.0. The van der Waals surface area contributed by atoms with Crippen LogP contribution in [0.25, 0.3) is 121 Å². The van der Waals surface area contributed by atoms with Gasteiger partial charge < -0.3 is 9.13 Å². The molecule has 258 valence electrons. The van der Waals surface area contributed by atoms with Gasteiger partial charge in [-0.1, -0.05) is 152 Å². The van der Waals surface area contributed by atoms with Crippen molar-refractivity contribution in [2.75, 3.05) is 0 Å². The molecule has 2 heteroatoms. The zero-order valence-corrected chi connectivity index (χ0v) is 30.4. The van der Waals surface area contributed by atoms with Gasteiger partial charge in [0, 0.05) is 37.7 Å². The predicted molar refractivity (Wildman–Crippen MR) is 238 cm³/mol. The largest absolute Gasteiger partial charge is 0.309 e. The molecule has 0 fully saturated rings. The van der Waals surface area contributed by atoms with Crippen LogP contribution >= 0.6 is 0 Å². The van der Waals surface area contributed by atoms with Crippen LogP contribution in [-0.2, 0) is 0 Å². The van der Waals surface area contributed by atoms with Gasteiger partial charge in [0.1, 0.15) is 0 Å². The third-order valence-corrected chi connectivity index (χ3v) is 12.4. The zero-order chi connectivity index (χ0) is 36.5. The molecule has 12 aromatic rings. The maximum atomic E-state index is 2.53. The summed E-state index contributed by atoms with van der Waals surface area (Å²) >= 11 is 0. The molecule has 2 nitrogen and oxygen atoms in total. The summed E-state index contributed by atoms with van der Waals surface area (Å²) in [5.74, 6) is 0. The molecule has 56 heavy (non-hydrogen) atoms. The maximum Gasteiger partial charge on any atom is 0.0619 e. The molecule has 0 amide bonds. The van der Waals surface area contributed by atoms with Crippen LogP contribution in [0, 0.1) is 0 Å². The molecular weight excluding hydrogens is 677 g/mol. The fourth-order valence-corrected chi connectivity index (χ4v) is 10.0. The number of benzene rings is 10. The van der Waals surface area contributed by atoms with Crippen LogP contribution in [0.15, 0.2) is 194 Å². The number of para-hydroxylation sites is 1. The molecule has 1 aliphatic carbocycles. The Morgan fingerprint density at radius 1 is 0.268 bits per heavy atom. The smallest absolute Gasteiger partial charge is 0.0619 e. The normalized spacial score (nSPS) is 12.3. The second kappa shape index (κ2) is 11.1. The standard InChI is InChI=1S/C54H32N2/c1-3-14-37-33(11-1)13-9-22-48(37)55-49-21-8-7-18-41(49)46-31-35(24-28-51(46)55)36-25-29-52-47(32-36)44-26-23-34-12-2-4-15-38(34)54(44)56(52)50-30-27-43-40-17-6-5-16-39(40)42-19-10-20-45(50)53(42)43/h1-32H. The Labute approximate surface area is 322 Å². The second-order valence-electron chi connectivity index (χ2n) is 15.2. The molecule has 0 spiro atoms. The lowest BCUT2D eigenvalue weighted by molar-refractivity contribution is 1.20. The Morgan fingerprint density at radius 3 is 1.61 bits per heavy atom. The third kappa shape index (κ3) is 3.95. The van der Waals surface area contributed by atoms with Crippen LogP contribution in [0.3, 0.4) is 0 Å². The topological polar surface area (TPSA) is 9.86 Å². The highest BCUT2D eigenvalue weighted by atomic mass is 15.0. The molecule has 0 atom stereocenters. The first-order chi connectivity index (χ1) is 27.8. The van der Waals surface area contributed by atoms with E-state index in [1.54, 1.807) is 0 Å². The number of hydrogen-bond donors (Lipinski definition) is 0. The van der Waals surface area contributed by atoms with E-state index in [0.717, 1.165) is 0 Å². The van der Waals surface area contributed by atoms with Crippen molar-refractivity contribution in [2.45, 2.75) is 0 Å². The van der Waals surface area contributed by atoms with E-state index in [2.05, 4.69) is 203 Å². The minimum Gasteiger partial charge on any atom is -0.309 e. The van der Waals surface area contributed by atoms with E-state index in [4.69, 9.17) is 0 Å². The van der Waals surface area contributed by atoms with Crippen LogP contribution in [0.1, 0.15) is 0 Å². The lowest BCUT2D eigenvalue weighted by Crippen LogP contribution is -1.96. The molecule has 2 aromatic heterocycles. The van der Waals surface area contributed by atoms with Crippen LogP contribution in [0.5, 0.6) is 0 Å². The van der Waals surface area contributed by atoms with Crippen molar-refractivity contribution in [3.05, 3.63) is 194 Å². The van der Waals surface area contributed by atoms with Gasteiger partial charge in [-0.3, -0.25) is 0 Å². The average Bonchev–Trinajstić information content (AvgIpc) is 3.90. The molecule has 0 N–H and O–H groups in total. The Kier molecular flexibility index (Phi) is 5.92. The van der Waals surface area contributed by atoms with Gasteiger partial charge in [-0.15, -0.1) is 0 Å². The lowest BCUT2D eigenvalue weighted by atomic mass is 10.00. The molecule has 0 aliphatic heterocycles. The highest BCUT2D eigenvalue weighted by molar-refractivity contribution is 6.22. The molecule has 0 radical (unpaired) electrons. The molecule has 0 bridgehead atoms. The highest BCUT2D eigenvalue weighted by Gasteiger charge is 2.24. The van der Waals surface area contributed by atoms with Crippen molar-refractivity contribution in [3.8, 4) is 44.8 Å². The molecule has 0 unspecified atom stereocenters. The fraction of sp³-hybridized carbons (Fsp3) is 0. The summed E-state index contributed by atoms with van der Waals surface area (Å²) in [5, 5.41) is 12.7. The second-order valence-corrected chi connectivity index (χ2v) is 15.2. The number of hydrogen-bond acceptors (Lipinski definition) is 0. The van der Waals surface area contributed by atoms with Gasteiger partial charge in [0.05, 0.1) is 33.4 Å². The molecule has 1 aliphatic rings. The Balaban J connectivity index is 1.06. The van der Waals surface area contributed by atoms with Crippen molar-refractivity contribution < 1.29 is 0 Å². The van der Waals surface area contributed by atoms with Gasteiger partial charge >= 0.3 is 0 Å². The predicted octanol–water partition coefficient (Wildman–Crippen LogP) is 14.7. The van der Waals surface area contributed by atoms with E-state index in [0.29, 0.717) is 0 Å². The van der Waals surface area contributed by atoms with Gasteiger partial charge in [-0.05, 0) is 92.0 Å². The molecule has 0 saturated heterocycles. The summed E-state index contributed by atoms with van der Waals surface area (Å²) in [4.78, 5) is 0. The minimum absolute atomic E-state index is 1.20. The molecule has 10 aromatic carbocycles. The first-order valence-electron chi connectivity index (χ1n) is 19.4. The van der Waals surface area contributed by atoms with E-state index >= 15 is 0 Å². The molecule has 2 heterocycles. The minimum atomic E-state index is 1.20. The quantitative estimate of drug-likeness (QED) is 0.173. The van der Waals surface area contributed by atoms with Gasteiger partial charge in [0.15, 0.2) is 0 Å². The summed E-state index contributed by atoms with van der Waals surface area (Å²) in [5.41, 5.74) is 15.0. The number of rotatable bonds is 3. The first kappa shape index (κ1) is 30.0. The van der Waals surface area contributed by atoms with Crippen LogP contribution < -0.4 is 0 Å². The summed E-state index contributed by atoms with van der Waals surface area (Å²) in [6.07, 6.45) is 0. The van der Waals surface area contributed by atoms with E-state index in [9.17, 15) is 0 Å². The van der Waals surface area contributed by atoms with Crippen LogP contribution in [-0.4, -0.2) is 9.13 Å². The number of nitrogens with zero attached hydrogens (tertiary/aromatic N) is 2. The number of aromatic nitrogens is 2. The molecule has 0 saturated carbocycles. The van der Waals surface area contributed by atoms with E-state index in [-0.39, 0.29) is 0 Å². The van der Waals surface area contributed by atoms with Crippen LogP contribution in [0.2, 0.25) is 0 Å². The highest BCUT2D eigenvalue weighted by Crippen LogP contribution is 2.50. The first-order valence-corrected chi connectivity index (χ1v) is 19.4. The van der Waals surface area contributed by atoms with Crippen molar-refractivity contribution >= 4 is 75.9 Å². The summed E-state index contributed by atoms with van der Waals surface area (Å²) < 4.78 is 4.97. The summed E-state index contributed by atoms with van der Waals surface area (Å²) in [6.45, 7) is 0. The summed E-state index contributed by atoms with van der Waals surface area (Å²) in [7, 11) is 0. The molecule has 13 rings (SSSR count). The maximum absolute atomic E-state index is 2.53. The van der Waals surface area contributed by atoms with Gasteiger partial charge in [0.25, 0.3) is 0 Å². The van der Waals surface area contributed by atoms with Crippen molar-refractivity contribution in [3.63, 3.8) is 0 Å². The van der Waals surface area contributed by atoms with Crippen molar-refractivity contribution in [1.29, 1.82) is 0 Å². The third-order valence-electron chi connectivity index (χ3n) is 12.4. The van der Waals surface area contributed by atoms with Gasteiger partial charge in [-0.25, -0.2) is 0 Å². The van der Waals surface area contributed by atoms with E-state index < -0.39 is 0 Å². The van der Waals surface area contributed by atoms with Crippen molar-refractivity contribution in [2.24, 2.45) is 0 Å². The SMILES string of the molecule is c1ccc2c(c1)-c1cccc3c(-n4c5ccc(-c6ccc7c(c6)c6ccccc6n7-c6cccc7ccccc67)cc5c5ccc6ccccc6c54)ccc-2c13.